The highest BCUT2D eigenvalue weighted by molar-refractivity contribution is 5.78. The highest BCUT2D eigenvalue weighted by Crippen LogP contribution is 2.22. The van der Waals surface area contributed by atoms with Gasteiger partial charge in [-0.2, -0.15) is 0 Å². The fourth-order valence-corrected chi connectivity index (χ4v) is 3.31. The summed E-state index contributed by atoms with van der Waals surface area (Å²) >= 11 is 0. The van der Waals surface area contributed by atoms with E-state index in [1.54, 1.807) is 31.2 Å². The molecule has 0 radical (unpaired) electrons. The molecule has 0 spiro atoms. The third-order valence-corrected chi connectivity index (χ3v) is 4.77. The number of rotatable bonds is 5. The molecule has 0 amide bonds. The Kier molecular flexibility index (Phi) is 5.20. The van der Waals surface area contributed by atoms with Crippen LogP contribution >= 0.6 is 0 Å². The maximum absolute atomic E-state index is 12.8. The molecule has 0 saturated heterocycles. The largest absolute Gasteiger partial charge is 0.425 e. The minimum Gasteiger partial charge on any atom is -0.425 e. The summed E-state index contributed by atoms with van der Waals surface area (Å²) in [6, 6.07) is 24.5. The molecule has 29 heavy (non-hydrogen) atoms. The number of aromatic nitrogens is 2. The van der Waals surface area contributed by atoms with Crippen LogP contribution in [0, 0.1) is 6.92 Å². The van der Waals surface area contributed by atoms with Crippen molar-refractivity contribution in [3.63, 3.8) is 0 Å². The third kappa shape index (κ3) is 4.09. The molecule has 5 heteroatoms. The van der Waals surface area contributed by atoms with Gasteiger partial charge in [0, 0.05) is 6.42 Å². The SMILES string of the molecule is Cc1nc2ccccc2c(=O)n1CC(=O)Oc1ccccc1Cc1ccccc1. The molecule has 1 heterocycles. The van der Waals surface area contributed by atoms with Crippen LogP contribution in [0.25, 0.3) is 10.9 Å². The van der Waals surface area contributed by atoms with Crippen LogP contribution in [0.2, 0.25) is 0 Å². The van der Waals surface area contributed by atoms with Gasteiger partial charge in [-0.05, 0) is 36.2 Å². The summed E-state index contributed by atoms with van der Waals surface area (Å²) in [7, 11) is 0. The van der Waals surface area contributed by atoms with E-state index in [1.165, 1.54) is 4.57 Å². The van der Waals surface area contributed by atoms with E-state index >= 15 is 0 Å². The van der Waals surface area contributed by atoms with Crippen LogP contribution in [-0.2, 0) is 17.8 Å². The number of fused-ring (bicyclic) bond motifs is 1. The second-order valence-corrected chi connectivity index (χ2v) is 6.81. The molecule has 0 saturated carbocycles. The predicted molar refractivity (Wildman–Crippen MR) is 112 cm³/mol. The molecule has 0 aliphatic carbocycles. The molecule has 144 valence electrons. The van der Waals surface area contributed by atoms with E-state index in [1.807, 2.05) is 54.6 Å². The van der Waals surface area contributed by atoms with Gasteiger partial charge in [0.15, 0.2) is 0 Å². The number of carbonyl (C=O) groups excluding carboxylic acids is 1. The summed E-state index contributed by atoms with van der Waals surface area (Å²) in [5.41, 5.74) is 2.41. The maximum atomic E-state index is 12.8. The highest BCUT2D eigenvalue weighted by Gasteiger charge is 2.14. The van der Waals surface area contributed by atoms with Crippen molar-refractivity contribution in [3.05, 3.63) is 106 Å². The Balaban J connectivity index is 1.57. The van der Waals surface area contributed by atoms with E-state index in [0.29, 0.717) is 28.9 Å². The molecule has 0 fully saturated rings. The van der Waals surface area contributed by atoms with Gasteiger partial charge in [-0.3, -0.25) is 9.36 Å². The molecule has 3 aromatic carbocycles. The molecule has 0 N–H and O–H groups in total. The van der Waals surface area contributed by atoms with Crippen molar-refractivity contribution in [2.24, 2.45) is 0 Å². The van der Waals surface area contributed by atoms with Crippen molar-refractivity contribution in [2.45, 2.75) is 19.9 Å². The van der Waals surface area contributed by atoms with Crippen molar-refractivity contribution < 1.29 is 9.53 Å². The maximum Gasteiger partial charge on any atom is 0.331 e. The van der Waals surface area contributed by atoms with Gasteiger partial charge < -0.3 is 4.74 Å². The minimum absolute atomic E-state index is 0.192. The zero-order valence-electron chi connectivity index (χ0n) is 16.0. The molecular formula is C24H20N2O3. The number of benzene rings is 3. The van der Waals surface area contributed by atoms with Gasteiger partial charge in [0.25, 0.3) is 5.56 Å². The number of esters is 1. The van der Waals surface area contributed by atoms with Gasteiger partial charge in [0.05, 0.1) is 10.9 Å². The van der Waals surface area contributed by atoms with Gasteiger partial charge in [-0.1, -0.05) is 60.7 Å². The van der Waals surface area contributed by atoms with Crippen LogP contribution in [0.15, 0.2) is 83.7 Å². The first kappa shape index (κ1) is 18.6. The molecule has 4 aromatic rings. The fraction of sp³-hybridized carbons (Fsp3) is 0.125. The summed E-state index contributed by atoms with van der Waals surface area (Å²) in [6.45, 7) is 1.52. The Hall–Kier alpha value is -3.73. The van der Waals surface area contributed by atoms with Gasteiger partial charge in [-0.15, -0.1) is 0 Å². The highest BCUT2D eigenvalue weighted by atomic mass is 16.5. The first-order chi connectivity index (χ1) is 14.1. The Bertz CT molecular complexity index is 1230. The average molecular weight is 384 g/mol. The molecule has 0 aliphatic rings. The number of nitrogens with zero attached hydrogens (tertiary/aromatic N) is 2. The van der Waals surface area contributed by atoms with E-state index < -0.39 is 5.97 Å². The van der Waals surface area contributed by atoms with Crippen molar-refractivity contribution in [1.29, 1.82) is 0 Å². The van der Waals surface area contributed by atoms with E-state index in [9.17, 15) is 9.59 Å². The van der Waals surface area contributed by atoms with Crippen molar-refractivity contribution >= 4 is 16.9 Å². The first-order valence-corrected chi connectivity index (χ1v) is 9.40. The topological polar surface area (TPSA) is 61.2 Å². The molecule has 0 bridgehead atoms. The van der Waals surface area contributed by atoms with Crippen LogP contribution in [0.3, 0.4) is 0 Å². The summed E-state index contributed by atoms with van der Waals surface area (Å²) in [5, 5.41) is 0.482. The zero-order chi connectivity index (χ0) is 20.2. The summed E-state index contributed by atoms with van der Waals surface area (Å²) in [4.78, 5) is 29.8. The lowest BCUT2D eigenvalue weighted by molar-refractivity contribution is -0.135. The molecule has 0 atom stereocenters. The van der Waals surface area contributed by atoms with Crippen LogP contribution in [-0.4, -0.2) is 15.5 Å². The van der Waals surface area contributed by atoms with Crippen molar-refractivity contribution in [1.82, 2.24) is 9.55 Å². The molecule has 1 aromatic heterocycles. The molecule has 0 aliphatic heterocycles. The number of ether oxygens (including phenoxy) is 1. The molecule has 5 nitrogen and oxygen atoms in total. The number of para-hydroxylation sites is 2. The lowest BCUT2D eigenvalue weighted by Crippen LogP contribution is -2.29. The average Bonchev–Trinajstić information content (AvgIpc) is 2.73. The lowest BCUT2D eigenvalue weighted by Gasteiger charge is -2.13. The summed E-state index contributed by atoms with van der Waals surface area (Å²) in [5.74, 6) is 0.469. The van der Waals surface area contributed by atoms with Gasteiger partial charge in [0.1, 0.15) is 18.1 Å². The Morgan fingerprint density at radius 3 is 2.45 bits per heavy atom. The Morgan fingerprint density at radius 1 is 0.931 bits per heavy atom. The van der Waals surface area contributed by atoms with E-state index in [2.05, 4.69) is 4.98 Å². The number of hydrogen-bond donors (Lipinski definition) is 0. The van der Waals surface area contributed by atoms with Gasteiger partial charge >= 0.3 is 5.97 Å². The Morgan fingerprint density at radius 2 is 1.62 bits per heavy atom. The second-order valence-electron chi connectivity index (χ2n) is 6.81. The quantitative estimate of drug-likeness (QED) is 0.387. The summed E-state index contributed by atoms with van der Waals surface area (Å²) < 4.78 is 6.97. The van der Waals surface area contributed by atoms with Crippen LogP contribution in [0.5, 0.6) is 5.75 Å². The van der Waals surface area contributed by atoms with Crippen molar-refractivity contribution in [2.75, 3.05) is 0 Å². The first-order valence-electron chi connectivity index (χ1n) is 9.40. The monoisotopic (exact) mass is 384 g/mol. The molecule has 4 rings (SSSR count). The zero-order valence-corrected chi connectivity index (χ0v) is 16.0. The second kappa shape index (κ2) is 8.10. The Labute approximate surface area is 168 Å². The standard InChI is InChI=1S/C24H20N2O3/c1-17-25-21-13-7-6-12-20(21)24(28)26(17)16-23(27)29-22-14-8-5-11-19(22)15-18-9-3-2-4-10-18/h2-14H,15-16H2,1H3. The van der Waals surface area contributed by atoms with E-state index in [0.717, 1.165) is 11.1 Å². The molecular weight excluding hydrogens is 364 g/mol. The van der Waals surface area contributed by atoms with Crippen LogP contribution < -0.4 is 10.3 Å². The van der Waals surface area contributed by atoms with Gasteiger partial charge in [0.2, 0.25) is 0 Å². The number of hydrogen-bond acceptors (Lipinski definition) is 4. The lowest BCUT2D eigenvalue weighted by atomic mass is 10.0. The van der Waals surface area contributed by atoms with E-state index in [4.69, 9.17) is 4.74 Å². The van der Waals surface area contributed by atoms with Crippen LogP contribution in [0.4, 0.5) is 0 Å². The van der Waals surface area contributed by atoms with Crippen LogP contribution in [0.1, 0.15) is 17.0 Å². The predicted octanol–water partition coefficient (Wildman–Crippen LogP) is 3.90. The fourth-order valence-electron chi connectivity index (χ4n) is 3.31. The number of carbonyl (C=O) groups is 1. The number of aryl methyl sites for hydroxylation is 1. The third-order valence-electron chi connectivity index (χ3n) is 4.77. The minimum atomic E-state index is -0.507. The smallest absolute Gasteiger partial charge is 0.331 e. The normalized spacial score (nSPS) is 10.8. The van der Waals surface area contributed by atoms with Gasteiger partial charge in [-0.25, -0.2) is 9.78 Å². The van der Waals surface area contributed by atoms with E-state index in [-0.39, 0.29) is 12.1 Å². The summed E-state index contributed by atoms with van der Waals surface area (Å²) in [6.07, 6.45) is 0.654. The molecule has 0 unspecified atom stereocenters. The van der Waals surface area contributed by atoms with Crippen molar-refractivity contribution in [3.8, 4) is 5.75 Å².